The molecule has 0 fully saturated rings. The van der Waals surface area contributed by atoms with E-state index in [0.29, 0.717) is 5.92 Å². The minimum absolute atomic E-state index is 0.425. The zero-order valence-corrected chi connectivity index (χ0v) is 9.57. The first kappa shape index (κ1) is 11.5. The lowest BCUT2D eigenvalue weighted by Gasteiger charge is -2.07. The molecule has 0 aromatic heterocycles. The minimum atomic E-state index is 0.425. The number of allylic oxidation sites excluding steroid dienone is 2. The van der Waals surface area contributed by atoms with Gasteiger partial charge >= 0.3 is 0 Å². The lowest BCUT2D eigenvalue weighted by Crippen LogP contribution is -1.91. The molecule has 1 aromatic rings. The number of aliphatic imine (C=N–C) groups is 1. The normalized spacial score (nSPS) is 13.5. The molecule has 1 unspecified atom stereocenters. The Morgan fingerprint density at radius 3 is 2.47 bits per heavy atom. The van der Waals surface area contributed by atoms with Gasteiger partial charge < -0.3 is 5.32 Å². The maximum Gasteiger partial charge on any atom is 0.0337 e. The molecule has 0 saturated carbocycles. The molecule has 0 spiro atoms. The Labute approximate surface area is 91.7 Å². The first-order chi connectivity index (χ1) is 7.27. The van der Waals surface area contributed by atoms with E-state index in [0.717, 1.165) is 5.69 Å². The number of rotatable bonds is 4. The second-order valence-corrected chi connectivity index (χ2v) is 3.45. The Morgan fingerprint density at radius 1 is 1.27 bits per heavy atom. The standard InChI is InChI=1S/C13H18N2/c1-11(5-4-10-14-2)12-6-8-13(15-3)9-7-12/h4-11,15H,1-3H3/b5-4-,14-10?. The van der Waals surface area contributed by atoms with Crippen molar-refractivity contribution < 1.29 is 0 Å². The molecule has 2 heteroatoms. The Hall–Kier alpha value is -1.57. The van der Waals surface area contributed by atoms with Crippen molar-refractivity contribution in [3.8, 4) is 0 Å². The van der Waals surface area contributed by atoms with Crippen molar-refractivity contribution in [1.29, 1.82) is 0 Å². The highest BCUT2D eigenvalue weighted by Crippen LogP contribution is 2.18. The van der Waals surface area contributed by atoms with Gasteiger partial charge in [0.2, 0.25) is 0 Å². The fourth-order valence-corrected chi connectivity index (χ4v) is 1.37. The van der Waals surface area contributed by atoms with Gasteiger partial charge in [0.25, 0.3) is 0 Å². The average molecular weight is 202 g/mol. The molecular formula is C13H18N2. The number of anilines is 1. The summed E-state index contributed by atoms with van der Waals surface area (Å²) in [6.45, 7) is 2.17. The molecule has 0 amide bonds. The van der Waals surface area contributed by atoms with Crippen LogP contribution in [0.2, 0.25) is 0 Å². The fraction of sp³-hybridized carbons (Fsp3) is 0.308. The van der Waals surface area contributed by atoms with Gasteiger partial charge in [-0.3, -0.25) is 4.99 Å². The van der Waals surface area contributed by atoms with Crippen LogP contribution in [0.4, 0.5) is 5.69 Å². The molecule has 1 aromatic carbocycles. The highest BCUT2D eigenvalue weighted by atomic mass is 14.8. The molecular weight excluding hydrogens is 184 g/mol. The highest BCUT2D eigenvalue weighted by molar-refractivity contribution is 5.71. The molecule has 0 aliphatic heterocycles. The number of hydrogen-bond donors (Lipinski definition) is 1. The van der Waals surface area contributed by atoms with E-state index in [4.69, 9.17) is 0 Å². The van der Waals surface area contributed by atoms with Crippen molar-refractivity contribution in [2.75, 3.05) is 19.4 Å². The van der Waals surface area contributed by atoms with Gasteiger partial charge in [-0.25, -0.2) is 0 Å². The Kier molecular flexibility index (Phi) is 4.61. The molecule has 1 rings (SSSR count). The van der Waals surface area contributed by atoms with Crippen LogP contribution < -0.4 is 5.32 Å². The predicted molar refractivity (Wildman–Crippen MR) is 68.0 cm³/mol. The van der Waals surface area contributed by atoms with Crippen molar-refractivity contribution in [3.63, 3.8) is 0 Å². The third-order valence-corrected chi connectivity index (χ3v) is 2.36. The first-order valence-corrected chi connectivity index (χ1v) is 5.14. The summed E-state index contributed by atoms with van der Waals surface area (Å²) in [5.74, 6) is 0.425. The summed E-state index contributed by atoms with van der Waals surface area (Å²) in [6.07, 6.45) is 5.93. The van der Waals surface area contributed by atoms with Crippen LogP contribution >= 0.6 is 0 Å². The zero-order valence-electron chi connectivity index (χ0n) is 9.57. The Morgan fingerprint density at radius 2 is 1.93 bits per heavy atom. The molecule has 0 bridgehead atoms. The molecule has 0 aliphatic carbocycles. The maximum atomic E-state index is 3.91. The summed E-state index contributed by atoms with van der Waals surface area (Å²) in [7, 11) is 3.70. The van der Waals surface area contributed by atoms with E-state index in [9.17, 15) is 0 Å². The van der Waals surface area contributed by atoms with Crippen LogP contribution in [-0.2, 0) is 0 Å². The van der Waals surface area contributed by atoms with Crippen molar-refractivity contribution >= 4 is 11.9 Å². The molecule has 0 saturated heterocycles. The van der Waals surface area contributed by atoms with Crippen LogP contribution in [0.3, 0.4) is 0 Å². The van der Waals surface area contributed by atoms with Gasteiger partial charge in [-0.2, -0.15) is 0 Å². The zero-order chi connectivity index (χ0) is 11.1. The molecule has 0 radical (unpaired) electrons. The Balaban J connectivity index is 2.69. The lowest BCUT2D eigenvalue weighted by atomic mass is 10.0. The Bertz CT molecular complexity index is 336. The van der Waals surface area contributed by atoms with Gasteiger partial charge in [0.1, 0.15) is 0 Å². The minimum Gasteiger partial charge on any atom is -0.388 e. The van der Waals surface area contributed by atoms with Gasteiger partial charge in [0.05, 0.1) is 0 Å². The number of nitrogens with zero attached hydrogens (tertiary/aromatic N) is 1. The average Bonchev–Trinajstić information content (AvgIpc) is 2.29. The van der Waals surface area contributed by atoms with Gasteiger partial charge in [-0.15, -0.1) is 0 Å². The summed E-state index contributed by atoms with van der Waals surface area (Å²) >= 11 is 0. The molecule has 0 heterocycles. The second-order valence-electron chi connectivity index (χ2n) is 3.45. The van der Waals surface area contributed by atoms with Crippen LogP contribution in [0, 0.1) is 0 Å². The summed E-state index contributed by atoms with van der Waals surface area (Å²) in [6, 6.07) is 8.47. The van der Waals surface area contributed by atoms with Gasteiger partial charge in [0.15, 0.2) is 0 Å². The molecule has 15 heavy (non-hydrogen) atoms. The summed E-state index contributed by atoms with van der Waals surface area (Å²) in [5, 5.41) is 3.11. The monoisotopic (exact) mass is 202 g/mol. The molecule has 2 nitrogen and oxygen atoms in total. The lowest BCUT2D eigenvalue weighted by molar-refractivity contribution is 0.969. The van der Waals surface area contributed by atoms with E-state index in [2.05, 4.69) is 47.6 Å². The van der Waals surface area contributed by atoms with Gasteiger partial charge in [-0.1, -0.05) is 25.1 Å². The maximum absolute atomic E-state index is 3.91. The van der Waals surface area contributed by atoms with E-state index in [1.165, 1.54) is 5.56 Å². The molecule has 1 N–H and O–H groups in total. The van der Waals surface area contributed by atoms with Crippen molar-refractivity contribution in [2.45, 2.75) is 12.8 Å². The van der Waals surface area contributed by atoms with E-state index in [1.807, 2.05) is 13.1 Å². The summed E-state index contributed by atoms with van der Waals surface area (Å²) < 4.78 is 0. The largest absolute Gasteiger partial charge is 0.388 e. The van der Waals surface area contributed by atoms with E-state index >= 15 is 0 Å². The third kappa shape index (κ3) is 3.58. The summed E-state index contributed by atoms with van der Waals surface area (Å²) in [4.78, 5) is 3.91. The van der Waals surface area contributed by atoms with Crippen LogP contribution in [0.5, 0.6) is 0 Å². The number of hydrogen-bond acceptors (Lipinski definition) is 2. The first-order valence-electron chi connectivity index (χ1n) is 5.14. The number of benzene rings is 1. The van der Waals surface area contributed by atoms with Gasteiger partial charge in [0, 0.05) is 26.0 Å². The van der Waals surface area contributed by atoms with E-state index < -0.39 is 0 Å². The van der Waals surface area contributed by atoms with Crippen LogP contribution in [-0.4, -0.2) is 20.3 Å². The highest BCUT2D eigenvalue weighted by Gasteiger charge is 1.99. The van der Waals surface area contributed by atoms with Crippen LogP contribution in [0.1, 0.15) is 18.4 Å². The second kappa shape index (κ2) is 6.02. The quantitative estimate of drug-likeness (QED) is 0.745. The van der Waals surface area contributed by atoms with Crippen molar-refractivity contribution in [2.24, 2.45) is 4.99 Å². The number of nitrogens with one attached hydrogen (secondary N) is 1. The van der Waals surface area contributed by atoms with E-state index in [-0.39, 0.29) is 0 Å². The van der Waals surface area contributed by atoms with Crippen LogP contribution in [0.25, 0.3) is 0 Å². The third-order valence-electron chi connectivity index (χ3n) is 2.36. The fourth-order valence-electron chi connectivity index (χ4n) is 1.37. The van der Waals surface area contributed by atoms with Gasteiger partial charge in [-0.05, 0) is 29.7 Å². The van der Waals surface area contributed by atoms with Crippen LogP contribution in [0.15, 0.2) is 41.4 Å². The summed E-state index contributed by atoms with van der Waals surface area (Å²) in [5.41, 5.74) is 2.46. The molecule has 1 atom stereocenters. The SMILES string of the molecule is CN=C/C=C\C(C)c1ccc(NC)cc1. The van der Waals surface area contributed by atoms with Crippen molar-refractivity contribution in [3.05, 3.63) is 42.0 Å². The topological polar surface area (TPSA) is 24.4 Å². The molecule has 80 valence electrons. The van der Waals surface area contributed by atoms with E-state index in [1.54, 1.807) is 13.3 Å². The molecule has 0 aliphatic rings. The smallest absolute Gasteiger partial charge is 0.0337 e. The van der Waals surface area contributed by atoms with Crippen molar-refractivity contribution in [1.82, 2.24) is 0 Å². The predicted octanol–water partition coefficient (Wildman–Crippen LogP) is 3.09.